The van der Waals surface area contributed by atoms with Gasteiger partial charge in [0.2, 0.25) is 0 Å². The van der Waals surface area contributed by atoms with Crippen molar-refractivity contribution < 1.29 is 0 Å². The van der Waals surface area contributed by atoms with Crippen molar-refractivity contribution in [2.24, 2.45) is 0 Å². The molecule has 3 aliphatic rings. The van der Waals surface area contributed by atoms with Gasteiger partial charge in [-0.05, 0) is 308 Å². The Labute approximate surface area is 688 Å². The molecule has 0 atom stereocenters. The van der Waals surface area contributed by atoms with Crippen LogP contribution in [0.4, 0.5) is 34.1 Å². The maximum atomic E-state index is 2.45. The second-order valence-electron chi connectivity index (χ2n) is 32.4. The molecule has 0 N–H and O–H groups in total. The molecule has 3 heteroatoms. The van der Waals surface area contributed by atoms with Crippen LogP contribution in [0.2, 0.25) is 0 Å². The first-order chi connectivity index (χ1) is 56.9. The largest absolute Gasteiger partial charge is 0.345 e. The number of nitrogens with zero attached hydrogens (tertiary/aromatic N) is 3. The van der Waals surface area contributed by atoms with E-state index in [9.17, 15) is 0 Å². The summed E-state index contributed by atoms with van der Waals surface area (Å²) in [7, 11) is 6.47. The standard InChI is InChI=1S/C42H33N.C36H31N.C35H39N/c1-28-10-7-12-33(24-28)41-37-16-3-5-18-39(37)42(40-19-6-4-17-38(40)41)34-13-9-15-36(27-34)43(2)35-14-8-11-30(26-35)32-23-21-29-20-22-31(29)25-32;1-26-9-14-29(15-10-26)30-19-21-35(22-20-30)37(2)36-8-4-7-33(25-36)32-6-3-5-27(23-32)11-12-28-13-16-31-17-18-34(31)24-28;1-27-13-16-30(17-14-27)31-21-23-34(24-22-31)36(2)35-12-8-11-28(26-35)9-6-4-3-5-7-10-29-15-18-32-19-20-33(32)25-29/h3-19,21,23-27H,20,22H2,1-2H3;3-16,19-25H,17-18H2,1-2H3;8,11-18,21-26H,3-7,9-10,19-20H2,1-2H3/b;12-11+;. The first-order valence-electron chi connectivity index (χ1n) is 42.0. The number of fused-ring (bicyclic) bond motifs is 5. The van der Waals surface area contributed by atoms with Crippen LogP contribution in [0.1, 0.15) is 104 Å². The molecule has 0 bridgehead atoms. The molecule has 570 valence electrons. The SMILES string of the molecule is Cc1ccc(-c2ccc(N(C)c3cccc(-c4cccc(/C=C/c5ccc6c(c5)CC6)c4)c3)cc2)cc1.Cc1ccc(-c2ccc(N(C)c3cccc(CCCCCCCc4ccc5c(c4)CC5)c3)cc2)cc1.Cc1cccc(-c2c3ccccc3c(-c3cccc(N(C)c4cccc(-c5ccc6c(c5)CC6)c4)c3)c3ccccc23)c1. The molecule has 0 radical (unpaired) electrons. The lowest BCUT2D eigenvalue weighted by Crippen LogP contribution is -2.10. The van der Waals surface area contributed by atoms with Crippen LogP contribution in [0.25, 0.3) is 100 Å². The average molecular weight is 1500 g/mol. The molecule has 3 nitrogen and oxygen atoms in total. The zero-order valence-corrected chi connectivity index (χ0v) is 68.1. The topological polar surface area (TPSA) is 9.72 Å². The molecular weight excluding hydrogens is 1400 g/mol. The third kappa shape index (κ3) is 17.3. The van der Waals surface area contributed by atoms with Crippen molar-refractivity contribution >= 4 is 67.8 Å². The van der Waals surface area contributed by atoms with E-state index >= 15 is 0 Å². The Morgan fingerprint density at radius 2 is 0.560 bits per heavy atom. The summed E-state index contributed by atoms with van der Waals surface area (Å²) >= 11 is 0. The Balaban J connectivity index is 0.000000126. The minimum Gasteiger partial charge on any atom is -0.345 e. The molecule has 0 fully saturated rings. The summed E-state index contributed by atoms with van der Waals surface area (Å²) in [5.74, 6) is 0. The quantitative estimate of drug-likeness (QED) is 0.0380. The van der Waals surface area contributed by atoms with Crippen LogP contribution < -0.4 is 14.7 Å². The smallest absolute Gasteiger partial charge is 0.0414 e. The van der Waals surface area contributed by atoms with Crippen molar-refractivity contribution in [1.82, 2.24) is 0 Å². The lowest BCUT2D eigenvalue weighted by Gasteiger charge is -2.23. The van der Waals surface area contributed by atoms with Gasteiger partial charge in [0.25, 0.3) is 0 Å². The fourth-order valence-corrected chi connectivity index (χ4v) is 17.1. The summed E-state index contributed by atoms with van der Waals surface area (Å²) < 4.78 is 0. The number of rotatable bonds is 22. The monoisotopic (exact) mass is 1500 g/mol. The van der Waals surface area contributed by atoms with E-state index in [0.29, 0.717) is 0 Å². The average Bonchev–Trinajstić information content (AvgIpc) is 0.732. The van der Waals surface area contributed by atoms with Crippen LogP contribution in [0.5, 0.6) is 0 Å². The molecule has 19 rings (SSSR count). The summed E-state index contributed by atoms with van der Waals surface area (Å²) in [6.45, 7) is 6.42. The maximum absolute atomic E-state index is 2.45. The van der Waals surface area contributed by atoms with Crippen LogP contribution in [0.15, 0.2) is 346 Å². The first kappa shape index (κ1) is 75.8. The zero-order valence-electron chi connectivity index (χ0n) is 68.1. The zero-order chi connectivity index (χ0) is 78.9. The minimum absolute atomic E-state index is 1.17. The molecule has 0 spiro atoms. The predicted molar refractivity (Wildman–Crippen MR) is 499 cm³/mol. The van der Waals surface area contributed by atoms with E-state index in [1.54, 1.807) is 16.7 Å². The van der Waals surface area contributed by atoms with E-state index in [1.807, 2.05) is 0 Å². The third-order valence-corrected chi connectivity index (χ3v) is 24.5. The highest BCUT2D eigenvalue weighted by Gasteiger charge is 2.21. The molecule has 0 amide bonds. The van der Waals surface area contributed by atoms with Crippen molar-refractivity contribution in [3.05, 3.63) is 418 Å². The number of hydrogen-bond donors (Lipinski definition) is 0. The van der Waals surface area contributed by atoms with Gasteiger partial charge in [-0.25, -0.2) is 0 Å². The third-order valence-electron chi connectivity index (χ3n) is 24.5. The molecule has 3 aliphatic carbocycles. The van der Waals surface area contributed by atoms with Crippen LogP contribution in [-0.4, -0.2) is 21.1 Å². The molecular formula is C113H103N3. The molecule has 0 heterocycles. The van der Waals surface area contributed by atoms with E-state index < -0.39 is 0 Å². The molecule has 0 unspecified atom stereocenters. The molecule has 0 saturated heterocycles. The molecule has 0 aliphatic heterocycles. The molecule has 0 aromatic heterocycles. The normalized spacial score (nSPS) is 12.2. The minimum atomic E-state index is 1.17. The predicted octanol–water partition coefficient (Wildman–Crippen LogP) is 29.8. The van der Waals surface area contributed by atoms with Crippen molar-refractivity contribution in [3.8, 4) is 66.8 Å². The number of benzene rings is 16. The van der Waals surface area contributed by atoms with E-state index in [1.165, 1.54) is 262 Å². The van der Waals surface area contributed by atoms with Crippen LogP contribution in [-0.2, 0) is 51.4 Å². The fourth-order valence-electron chi connectivity index (χ4n) is 17.1. The Morgan fingerprint density at radius 1 is 0.216 bits per heavy atom. The number of unbranched alkanes of at least 4 members (excludes halogenated alkanes) is 4. The van der Waals surface area contributed by atoms with Crippen molar-refractivity contribution in [2.75, 3.05) is 35.8 Å². The summed E-state index contributed by atoms with van der Waals surface area (Å²) in [5, 5.41) is 5.12. The van der Waals surface area contributed by atoms with Crippen LogP contribution >= 0.6 is 0 Å². The Bertz CT molecular complexity index is 6140. The highest BCUT2D eigenvalue weighted by molar-refractivity contribution is 6.21. The van der Waals surface area contributed by atoms with E-state index in [4.69, 9.17) is 0 Å². The second-order valence-corrected chi connectivity index (χ2v) is 32.4. The van der Waals surface area contributed by atoms with Crippen molar-refractivity contribution in [1.29, 1.82) is 0 Å². The van der Waals surface area contributed by atoms with Gasteiger partial charge < -0.3 is 14.7 Å². The fraction of sp³-hybridized carbons (Fsp3) is 0.168. The summed E-state index contributed by atoms with van der Waals surface area (Å²) in [4.78, 5) is 6.84. The van der Waals surface area contributed by atoms with Gasteiger partial charge in [0.1, 0.15) is 0 Å². The van der Waals surface area contributed by atoms with E-state index in [2.05, 4.69) is 415 Å². The van der Waals surface area contributed by atoms with Gasteiger partial charge in [0.15, 0.2) is 0 Å². The first-order valence-corrected chi connectivity index (χ1v) is 42.0. The highest BCUT2D eigenvalue weighted by atomic mass is 15.1. The van der Waals surface area contributed by atoms with Gasteiger partial charge in [-0.15, -0.1) is 0 Å². The lowest BCUT2D eigenvalue weighted by molar-refractivity contribution is 0.613. The molecule has 16 aromatic rings. The van der Waals surface area contributed by atoms with Gasteiger partial charge in [0.05, 0.1) is 0 Å². The van der Waals surface area contributed by atoms with Gasteiger partial charge in [-0.2, -0.15) is 0 Å². The van der Waals surface area contributed by atoms with E-state index in [-0.39, 0.29) is 0 Å². The number of aryl methyl sites for hydroxylation is 11. The maximum Gasteiger partial charge on any atom is 0.0414 e. The molecule has 116 heavy (non-hydrogen) atoms. The summed E-state index contributed by atoms with van der Waals surface area (Å²) in [5.41, 5.74) is 40.8. The van der Waals surface area contributed by atoms with Gasteiger partial charge >= 0.3 is 0 Å². The summed E-state index contributed by atoms with van der Waals surface area (Å²) in [6.07, 6.45) is 20.9. The second kappa shape index (κ2) is 34.9. The van der Waals surface area contributed by atoms with Gasteiger partial charge in [-0.3, -0.25) is 0 Å². The Hall–Kier alpha value is -12.8. The molecule has 16 aromatic carbocycles. The highest BCUT2D eigenvalue weighted by Crippen LogP contribution is 2.46. The lowest BCUT2D eigenvalue weighted by atomic mass is 9.85. The van der Waals surface area contributed by atoms with Gasteiger partial charge in [0, 0.05) is 55.3 Å². The molecule has 0 saturated carbocycles. The van der Waals surface area contributed by atoms with Crippen LogP contribution in [0.3, 0.4) is 0 Å². The van der Waals surface area contributed by atoms with Crippen molar-refractivity contribution in [2.45, 2.75) is 104 Å². The Morgan fingerprint density at radius 3 is 1.03 bits per heavy atom. The van der Waals surface area contributed by atoms with E-state index in [0.717, 1.165) is 0 Å². The Kier molecular flexibility index (Phi) is 22.8. The van der Waals surface area contributed by atoms with Crippen molar-refractivity contribution in [3.63, 3.8) is 0 Å². The van der Waals surface area contributed by atoms with Crippen LogP contribution in [0, 0.1) is 20.8 Å². The van der Waals surface area contributed by atoms with Gasteiger partial charge in [-0.1, -0.05) is 315 Å². The summed E-state index contributed by atoms with van der Waals surface area (Å²) in [6, 6.07) is 127. The number of anilines is 6. The number of hydrogen-bond acceptors (Lipinski definition) is 3.